The Balaban J connectivity index is 1.38. The van der Waals surface area contributed by atoms with E-state index in [9.17, 15) is 9.59 Å². The minimum Gasteiger partial charge on any atom is -0.353 e. The molecule has 5 rings (SSSR count). The molecule has 7 nitrogen and oxygen atoms in total. The summed E-state index contributed by atoms with van der Waals surface area (Å²) < 4.78 is 4.02. The first-order valence-electron chi connectivity index (χ1n) is 10.3. The number of rotatable bonds is 5. The molecular weight excluding hydrogens is 366 g/mol. The number of nitrogens with one attached hydrogen (secondary N) is 1. The van der Waals surface area contributed by atoms with Crippen molar-refractivity contribution in [3.8, 4) is 11.3 Å². The fourth-order valence-corrected chi connectivity index (χ4v) is 4.09. The van der Waals surface area contributed by atoms with Gasteiger partial charge in [0.05, 0.1) is 5.69 Å². The van der Waals surface area contributed by atoms with Gasteiger partial charge in [0.15, 0.2) is 0 Å². The average Bonchev–Trinajstić information content (AvgIpc) is 3.32. The number of fused-ring (bicyclic) bond motifs is 2. The predicted molar refractivity (Wildman–Crippen MR) is 112 cm³/mol. The number of hydrogen-bond donors (Lipinski definition) is 1. The van der Waals surface area contributed by atoms with Gasteiger partial charge in [0, 0.05) is 67.8 Å². The fourth-order valence-electron chi connectivity index (χ4n) is 4.09. The molecule has 2 aromatic heterocycles. The molecule has 0 spiro atoms. The Labute approximate surface area is 169 Å². The van der Waals surface area contributed by atoms with Gasteiger partial charge in [0.1, 0.15) is 5.82 Å². The van der Waals surface area contributed by atoms with Gasteiger partial charge in [-0.15, -0.1) is 0 Å². The SMILES string of the molecule is Cn1cc(-c2cc3n(n2)CCCN3C(=O)CCC(=O)NC2CC2)c2ccccc21. The van der Waals surface area contributed by atoms with Crippen molar-refractivity contribution in [2.75, 3.05) is 11.4 Å². The Kier molecular flexibility index (Phi) is 4.38. The van der Waals surface area contributed by atoms with E-state index in [1.165, 1.54) is 0 Å². The summed E-state index contributed by atoms with van der Waals surface area (Å²) in [5.74, 6) is 0.788. The highest BCUT2D eigenvalue weighted by Crippen LogP contribution is 2.33. The molecule has 0 unspecified atom stereocenters. The average molecular weight is 391 g/mol. The molecule has 1 fully saturated rings. The summed E-state index contributed by atoms with van der Waals surface area (Å²) in [6.45, 7) is 1.47. The van der Waals surface area contributed by atoms with Crippen LogP contribution in [0.3, 0.4) is 0 Å². The number of aryl methyl sites for hydroxylation is 2. The molecule has 0 saturated heterocycles. The van der Waals surface area contributed by atoms with Gasteiger partial charge in [0.25, 0.3) is 0 Å². The van der Waals surface area contributed by atoms with E-state index >= 15 is 0 Å². The highest BCUT2D eigenvalue weighted by molar-refractivity contribution is 5.98. The van der Waals surface area contributed by atoms with Crippen LogP contribution in [0.15, 0.2) is 36.5 Å². The zero-order valence-electron chi connectivity index (χ0n) is 16.6. The van der Waals surface area contributed by atoms with Crippen molar-refractivity contribution in [1.29, 1.82) is 0 Å². The molecule has 150 valence electrons. The summed E-state index contributed by atoms with van der Waals surface area (Å²) in [4.78, 5) is 26.6. The number of carbonyl (C=O) groups excluding carboxylic acids is 2. The number of amides is 2. The largest absolute Gasteiger partial charge is 0.353 e. The summed E-state index contributed by atoms with van der Waals surface area (Å²) in [7, 11) is 2.03. The number of nitrogens with zero attached hydrogens (tertiary/aromatic N) is 4. The fraction of sp³-hybridized carbons (Fsp3) is 0.409. The first-order chi connectivity index (χ1) is 14.1. The Morgan fingerprint density at radius 2 is 2.00 bits per heavy atom. The number of para-hydroxylation sites is 1. The van der Waals surface area contributed by atoms with E-state index in [0.717, 1.165) is 53.8 Å². The lowest BCUT2D eigenvalue weighted by Crippen LogP contribution is -2.38. The second-order valence-corrected chi connectivity index (χ2v) is 8.02. The molecule has 1 aliphatic heterocycles. The molecule has 2 amide bonds. The normalized spacial score (nSPS) is 16.1. The molecule has 1 saturated carbocycles. The van der Waals surface area contributed by atoms with Crippen LogP contribution in [0.1, 0.15) is 32.1 Å². The molecule has 1 aromatic carbocycles. The van der Waals surface area contributed by atoms with Crippen LogP contribution in [0.5, 0.6) is 0 Å². The van der Waals surface area contributed by atoms with E-state index in [-0.39, 0.29) is 24.7 Å². The van der Waals surface area contributed by atoms with Gasteiger partial charge in [-0.25, -0.2) is 4.68 Å². The number of anilines is 1. The molecule has 0 radical (unpaired) electrons. The summed E-state index contributed by atoms with van der Waals surface area (Å²) >= 11 is 0. The first-order valence-corrected chi connectivity index (χ1v) is 10.3. The molecule has 3 heterocycles. The minimum atomic E-state index is -0.0252. The van der Waals surface area contributed by atoms with Crippen LogP contribution in [0, 0.1) is 0 Å². The van der Waals surface area contributed by atoms with Gasteiger partial charge in [-0.3, -0.25) is 14.5 Å². The first kappa shape index (κ1) is 18.0. The lowest BCUT2D eigenvalue weighted by Gasteiger charge is -2.27. The standard InChI is InChI=1S/C22H25N5O2/c1-25-14-17(16-5-2-3-6-19(16)25)18-13-21-26(11-4-12-27(21)24-18)22(29)10-9-20(28)23-15-7-8-15/h2-3,5-6,13-15H,4,7-12H2,1H3,(H,23,28). The van der Waals surface area contributed by atoms with Gasteiger partial charge >= 0.3 is 0 Å². The summed E-state index contributed by atoms with van der Waals surface area (Å²) in [6.07, 6.45) is 5.55. The van der Waals surface area contributed by atoms with E-state index < -0.39 is 0 Å². The number of hydrogen-bond acceptors (Lipinski definition) is 3. The number of aromatic nitrogens is 3. The maximum absolute atomic E-state index is 12.8. The zero-order valence-corrected chi connectivity index (χ0v) is 16.6. The molecule has 3 aromatic rings. The second kappa shape index (κ2) is 7.06. The molecule has 2 aliphatic rings. The molecule has 29 heavy (non-hydrogen) atoms. The third-order valence-corrected chi connectivity index (χ3v) is 5.77. The smallest absolute Gasteiger partial charge is 0.228 e. The van der Waals surface area contributed by atoms with E-state index in [0.29, 0.717) is 12.6 Å². The Bertz CT molecular complexity index is 1090. The van der Waals surface area contributed by atoms with Crippen LogP contribution < -0.4 is 10.2 Å². The highest BCUT2D eigenvalue weighted by atomic mass is 16.2. The lowest BCUT2D eigenvalue weighted by molar-refractivity contribution is -0.125. The summed E-state index contributed by atoms with van der Waals surface area (Å²) in [5.41, 5.74) is 3.10. The predicted octanol–water partition coefficient (Wildman–Crippen LogP) is 2.84. The summed E-state index contributed by atoms with van der Waals surface area (Å²) in [6, 6.07) is 10.6. The highest BCUT2D eigenvalue weighted by Gasteiger charge is 2.27. The van der Waals surface area contributed by atoms with Gasteiger partial charge in [0.2, 0.25) is 11.8 Å². The van der Waals surface area contributed by atoms with Crippen molar-refractivity contribution in [3.63, 3.8) is 0 Å². The van der Waals surface area contributed by atoms with E-state index in [1.54, 1.807) is 4.90 Å². The molecule has 1 N–H and O–H groups in total. The Morgan fingerprint density at radius 3 is 2.83 bits per heavy atom. The summed E-state index contributed by atoms with van der Waals surface area (Å²) in [5, 5.41) is 8.89. The zero-order chi connectivity index (χ0) is 20.0. The molecule has 0 atom stereocenters. The van der Waals surface area contributed by atoms with Crippen LogP contribution >= 0.6 is 0 Å². The van der Waals surface area contributed by atoms with Crippen LogP contribution in [0.2, 0.25) is 0 Å². The molecular formula is C22H25N5O2. The maximum atomic E-state index is 12.8. The van der Waals surface area contributed by atoms with Crippen molar-refractivity contribution >= 4 is 28.5 Å². The van der Waals surface area contributed by atoms with Crippen molar-refractivity contribution < 1.29 is 9.59 Å². The molecule has 7 heteroatoms. The molecule has 0 bridgehead atoms. The van der Waals surface area contributed by atoms with Crippen molar-refractivity contribution in [2.24, 2.45) is 7.05 Å². The lowest BCUT2D eigenvalue weighted by atomic mass is 10.1. The Hall–Kier alpha value is -3.09. The van der Waals surface area contributed by atoms with Crippen LogP contribution in [0.4, 0.5) is 5.82 Å². The van der Waals surface area contributed by atoms with Crippen LogP contribution in [0.25, 0.3) is 22.2 Å². The van der Waals surface area contributed by atoms with E-state index in [1.807, 2.05) is 29.9 Å². The second-order valence-electron chi connectivity index (χ2n) is 8.02. The topological polar surface area (TPSA) is 72.2 Å². The van der Waals surface area contributed by atoms with Gasteiger partial charge < -0.3 is 9.88 Å². The maximum Gasteiger partial charge on any atom is 0.228 e. The molecule has 1 aliphatic carbocycles. The van der Waals surface area contributed by atoms with Crippen LogP contribution in [-0.4, -0.2) is 38.7 Å². The van der Waals surface area contributed by atoms with Crippen molar-refractivity contribution in [1.82, 2.24) is 19.7 Å². The number of benzene rings is 1. The third kappa shape index (κ3) is 3.41. The van der Waals surface area contributed by atoms with Crippen molar-refractivity contribution in [3.05, 3.63) is 36.5 Å². The van der Waals surface area contributed by atoms with Crippen molar-refractivity contribution in [2.45, 2.75) is 44.7 Å². The minimum absolute atomic E-state index is 0.0127. The van der Waals surface area contributed by atoms with E-state index in [2.05, 4.69) is 28.2 Å². The van der Waals surface area contributed by atoms with E-state index in [4.69, 9.17) is 5.10 Å². The monoisotopic (exact) mass is 391 g/mol. The van der Waals surface area contributed by atoms with Gasteiger partial charge in [-0.05, 0) is 25.3 Å². The van der Waals surface area contributed by atoms with Gasteiger partial charge in [-0.1, -0.05) is 18.2 Å². The third-order valence-electron chi connectivity index (χ3n) is 5.77. The number of carbonyl (C=O) groups is 2. The quantitative estimate of drug-likeness (QED) is 0.727. The van der Waals surface area contributed by atoms with Gasteiger partial charge in [-0.2, -0.15) is 5.10 Å². The van der Waals surface area contributed by atoms with Crippen LogP contribution in [-0.2, 0) is 23.2 Å². The Morgan fingerprint density at radius 1 is 1.17 bits per heavy atom.